The summed E-state index contributed by atoms with van der Waals surface area (Å²) in [6.45, 7) is 4.39. The van der Waals surface area contributed by atoms with E-state index in [2.05, 4.69) is 10.2 Å². The van der Waals surface area contributed by atoms with Gasteiger partial charge in [-0.2, -0.15) is 0 Å². The van der Waals surface area contributed by atoms with Crippen LogP contribution < -0.4 is 5.32 Å². The molecule has 3 heteroatoms. The van der Waals surface area contributed by atoms with E-state index in [0.29, 0.717) is 0 Å². The first kappa shape index (κ1) is 9.13. The van der Waals surface area contributed by atoms with Crippen molar-refractivity contribution in [3.8, 4) is 0 Å². The van der Waals surface area contributed by atoms with Crippen LogP contribution in [0.2, 0.25) is 0 Å². The summed E-state index contributed by atoms with van der Waals surface area (Å²) in [5.41, 5.74) is 0. The molecule has 0 aliphatic carbocycles. The van der Waals surface area contributed by atoms with Gasteiger partial charge in [-0.3, -0.25) is 4.90 Å². The fourth-order valence-corrected chi connectivity index (χ4v) is 3.36. The Morgan fingerprint density at radius 1 is 0.857 bits per heavy atom. The fraction of sp³-hybridized carbons (Fsp3) is 1.00. The molecule has 2 atom stereocenters. The Morgan fingerprint density at radius 2 is 1.50 bits per heavy atom. The summed E-state index contributed by atoms with van der Waals surface area (Å²) in [7, 11) is 0. The quantitative estimate of drug-likeness (QED) is 0.665. The lowest BCUT2D eigenvalue weighted by molar-refractivity contribution is -0.0418. The number of nitrogens with one attached hydrogen (secondary N) is 1. The lowest BCUT2D eigenvalue weighted by Crippen LogP contribution is -2.53. The van der Waals surface area contributed by atoms with Gasteiger partial charge in [-0.1, -0.05) is 0 Å². The van der Waals surface area contributed by atoms with Crippen LogP contribution >= 0.6 is 0 Å². The van der Waals surface area contributed by atoms with Gasteiger partial charge < -0.3 is 10.1 Å². The average molecular weight is 196 g/mol. The van der Waals surface area contributed by atoms with E-state index >= 15 is 0 Å². The highest BCUT2D eigenvalue weighted by Crippen LogP contribution is 2.32. The second kappa shape index (κ2) is 3.80. The smallest absolute Gasteiger partial charge is 0.0622 e. The number of piperidine rings is 1. The first-order valence-corrected chi connectivity index (χ1v) is 6.01. The third-order valence-corrected chi connectivity index (χ3v) is 4.03. The molecule has 3 aliphatic heterocycles. The summed E-state index contributed by atoms with van der Waals surface area (Å²) in [6.07, 6.45) is 5.42. The lowest BCUT2D eigenvalue weighted by Gasteiger charge is -2.42. The number of fused-ring (bicyclic) bond motifs is 2. The van der Waals surface area contributed by atoms with Gasteiger partial charge >= 0.3 is 0 Å². The van der Waals surface area contributed by atoms with Crippen LogP contribution in [0.15, 0.2) is 0 Å². The molecular weight excluding hydrogens is 176 g/mol. The average Bonchev–Trinajstić information content (AvgIpc) is 2.50. The molecule has 1 N–H and O–H groups in total. The van der Waals surface area contributed by atoms with Crippen molar-refractivity contribution in [2.45, 2.75) is 43.8 Å². The number of nitrogens with zero attached hydrogens (tertiary/aromatic N) is 1. The molecule has 3 fully saturated rings. The van der Waals surface area contributed by atoms with Crippen molar-refractivity contribution in [2.75, 3.05) is 26.3 Å². The summed E-state index contributed by atoms with van der Waals surface area (Å²) in [4.78, 5) is 2.78. The number of hydrogen-bond donors (Lipinski definition) is 1. The molecule has 2 unspecified atom stereocenters. The van der Waals surface area contributed by atoms with Crippen LogP contribution in [0.1, 0.15) is 25.7 Å². The van der Waals surface area contributed by atoms with E-state index in [1.54, 1.807) is 0 Å². The zero-order chi connectivity index (χ0) is 9.38. The third kappa shape index (κ3) is 1.47. The summed E-state index contributed by atoms with van der Waals surface area (Å²) in [5.74, 6) is 0. The summed E-state index contributed by atoms with van der Waals surface area (Å²) in [6, 6.07) is 2.34. The predicted octanol–water partition coefficient (Wildman–Crippen LogP) is 0.602. The maximum atomic E-state index is 5.62. The summed E-state index contributed by atoms with van der Waals surface area (Å²) in [5, 5.41) is 3.45. The Hall–Kier alpha value is -0.120. The van der Waals surface area contributed by atoms with E-state index in [1.165, 1.54) is 38.8 Å². The molecule has 0 aromatic carbocycles. The van der Waals surface area contributed by atoms with Crippen molar-refractivity contribution in [3.05, 3.63) is 0 Å². The lowest BCUT2D eigenvalue weighted by atomic mass is 10.0. The van der Waals surface area contributed by atoms with Crippen LogP contribution in [0.25, 0.3) is 0 Å². The SMILES string of the molecule is C1CC(N2C3CCC2COC3)CCN1. The molecular formula is C11H20N2O. The van der Waals surface area contributed by atoms with Gasteiger partial charge in [0.05, 0.1) is 13.2 Å². The molecule has 0 saturated carbocycles. The maximum absolute atomic E-state index is 5.62. The zero-order valence-corrected chi connectivity index (χ0v) is 8.74. The Bertz CT molecular complexity index is 187. The number of rotatable bonds is 1. The number of hydrogen-bond acceptors (Lipinski definition) is 3. The van der Waals surface area contributed by atoms with E-state index < -0.39 is 0 Å². The summed E-state index contributed by atoms with van der Waals surface area (Å²) >= 11 is 0. The summed E-state index contributed by atoms with van der Waals surface area (Å²) < 4.78 is 5.62. The molecule has 2 bridgehead atoms. The van der Waals surface area contributed by atoms with Gasteiger partial charge in [-0.25, -0.2) is 0 Å². The molecule has 0 aromatic heterocycles. The highest BCUT2D eigenvalue weighted by Gasteiger charge is 2.41. The molecule has 14 heavy (non-hydrogen) atoms. The van der Waals surface area contributed by atoms with Gasteiger partial charge in [0, 0.05) is 18.1 Å². The topological polar surface area (TPSA) is 24.5 Å². The van der Waals surface area contributed by atoms with Crippen LogP contribution in [0.5, 0.6) is 0 Å². The first-order valence-electron chi connectivity index (χ1n) is 6.01. The highest BCUT2D eigenvalue weighted by atomic mass is 16.5. The molecule has 80 valence electrons. The van der Waals surface area contributed by atoms with Crippen LogP contribution in [0.4, 0.5) is 0 Å². The van der Waals surface area contributed by atoms with E-state index in [1.807, 2.05) is 0 Å². The molecule has 0 spiro atoms. The Kier molecular flexibility index (Phi) is 2.48. The minimum absolute atomic E-state index is 0.747. The van der Waals surface area contributed by atoms with E-state index in [-0.39, 0.29) is 0 Å². The van der Waals surface area contributed by atoms with Crippen molar-refractivity contribution in [2.24, 2.45) is 0 Å². The number of ether oxygens (including phenoxy) is 1. The molecule has 0 radical (unpaired) electrons. The van der Waals surface area contributed by atoms with Crippen LogP contribution in [0, 0.1) is 0 Å². The van der Waals surface area contributed by atoms with Gasteiger partial charge in [-0.05, 0) is 38.8 Å². The Labute approximate surface area is 85.8 Å². The van der Waals surface area contributed by atoms with Crippen LogP contribution in [-0.4, -0.2) is 49.3 Å². The van der Waals surface area contributed by atoms with Crippen molar-refractivity contribution < 1.29 is 4.74 Å². The monoisotopic (exact) mass is 196 g/mol. The van der Waals surface area contributed by atoms with Crippen molar-refractivity contribution >= 4 is 0 Å². The van der Waals surface area contributed by atoms with E-state index in [9.17, 15) is 0 Å². The van der Waals surface area contributed by atoms with Crippen LogP contribution in [-0.2, 0) is 4.74 Å². The molecule has 0 aromatic rings. The minimum atomic E-state index is 0.747. The highest BCUT2D eigenvalue weighted by molar-refractivity contribution is 4.95. The van der Waals surface area contributed by atoms with Crippen molar-refractivity contribution in [1.82, 2.24) is 10.2 Å². The molecule has 3 saturated heterocycles. The molecule has 0 amide bonds. The standard InChI is InChI=1S/C11H20N2O/c1-2-11-8-14-7-10(1)13(11)9-3-5-12-6-4-9/h9-12H,1-8H2. The first-order chi connectivity index (χ1) is 6.95. The molecule has 3 rings (SSSR count). The predicted molar refractivity (Wildman–Crippen MR) is 55.4 cm³/mol. The molecule has 3 heterocycles. The second-order valence-corrected chi connectivity index (χ2v) is 4.85. The van der Waals surface area contributed by atoms with Crippen molar-refractivity contribution in [3.63, 3.8) is 0 Å². The fourth-order valence-electron chi connectivity index (χ4n) is 3.36. The maximum Gasteiger partial charge on any atom is 0.0622 e. The van der Waals surface area contributed by atoms with E-state index in [4.69, 9.17) is 4.74 Å². The van der Waals surface area contributed by atoms with Gasteiger partial charge in [0.2, 0.25) is 0 Å². The van der Waals surface area contributed by atoms with Gasteiger partial charge in [0.15, 0.2) is 0 Å². The Morgan fingerprint density at radius 3 is 2.14 bits per heavy atom. The van der Waals surface area contributed by atoms with E-state index in [0.717, 1.165) is 31.3 Å². The third-order valence-electron chi connectivity index (χ3n) is 4.03. The minimum Gasteiger partial charge on any atom is -0.378 e. The second-order valence-electron chi connectivity index (χ2n) is 4.85. The van der Waals surface area contributed by atoms with Gasteiger partial charge in [-0.15, -0.1) is 0 Å². The van der Waals surface area contributed by atoms with Gasteiger partial charge in [0.25, 0.3) is 0 Å². The molecule has 3 nitrogen and oxygen atoms in total. The van der Waals surface area contributed by atoms with Gasteiger partial charge in [0.1, 0.15) is 0 Å². The Balaban J connectivity index is 1.70. The zero-order valence-electron chi connectivity index (χ0n) is 8.74. The van der Waals surface area contributed by atoms with Crippen molar-refractivity contribution in [1.29, 1.82) is 0 Å². The van der Waals surface area contributed by atoms with Crippen LogP contribution in [0.3, 0.4) is 0 Å². The normalized spacial score (nSPS) is 40.3. The largest absolute Gasteiger partial charge is 0.378 e. The number of morpholine rings is 1. The molecule has 3 aliphatic rings.